The predicted octanol–water partition coefficient (Wildman–Crippen LogP) is 4.71. The van der Waals surface area contributed by atoms with E-state index in [9.17, 15) is 5.11 Å². The molecule has 1 unspecified atom stereocenters. The molecule has 6 heteroatoms. The Morgan fingerprint density at radius 3 is 2.41 bits per heavy atom. The molecule has 2 aromatic carbocycles. The van der Waals surface area contributed by atoms with Crippen LogP contribution < -0.4 is 9.47 Å². The van der Waals surface area contributed by atoms with Crippen LogP contribution in [0.5, 0.6) is 11.5 Å². The molecular formula is C23H30O5S. The molecular weight excluding hydrogens is 388 g/mol. The van der Waals surface area contributed by atoms with Crippen molar-refractivity contribution in [3.05, 3.63) is 53.6 Å². The zero-order chi connectivity index (χ0) is 20.9. The zero-order valence-electron chi connectivity index (χ0n) is 17.5. The first-order valence-electron chi connectivity index (χ1n) is 9.96. The lowest BCUT2D eigenvalue weighted by molar-refractivity contribution is -0.380. The summed E-state index contributed by atoms with van der Waals surface area (Å²) in [6, 6.07) is 13.9. The fourth-order valence-electron chi connectivity index (χ4n) is 2.86. The zero-order valence-corrected chi connectivity index (χ0v) is 18.3. The van der Waals surface area contributed by atoms with Crippen LogP contribution in [0, 0.1) is 13.8 Å². The highest BCUT2D eigenvalue weighted by Gasteiger charge is 2.28. The van der Waals surface area contributed by atoms with Crippen LogP contribution in [0.25, 0.3) is 0 Å². The van der Waals surface area contributed by atoms with Crippen molar-refractivity contribution in [3.63, 3.8) is 0 Å². The highest BCUT2D eigenvalue weighted by Crippen LogP contribution is 2.30. The van der Waals surface area contributed by atoms with Gasteiger partial charge in [0.05, 0.1) is 0 Å². The third-order valence-corrected chi connectivity index (χ3v) is 6.17. The first kappa shape index (κ1) is 22.0. The SMILES string of the molecule is CCC(O)(COc1ccc(C)cc1)CSc1ccc(OCC2OC(C)O2)c(C)c1. The van der Waals surface area contributed by atoms with Gasteiger partial charge in [-0.2, -0.15) is 0 Å². The summed E-state index contributed by atoms with van der Waals surface area (Å²) in [7, 11) is 0. The topological polar surface area (TPSA) is 57.2 Å². The molecule has 1 fully saturated rings. The molecule has 5 nitrogen and oxygen atoms in total. The van der Waals surface area contributed by atoms with Crippen molar-refractivity contribution in [1.29, 1.82) is 0 Å². The highest BCUT2D eigenvalue weighted by molar-refractivity contribution is 7.99. The maximum Gasteiger partial charge on any atom is 0.197 e. The molecule has 1 heterocycles. The van der Waals surface area contributed by atoms with Gasteiger partial charge in [-0.1, -0.05) is 24.6 Å². The summed E-state index contributed by atoms with van der Waals surface area (Å²) < 4.78 is 22.4. The molecule has 1 aliphatic heterocycles. The molecule has 1 N–H and O–H groups in total. The normalized spacial score (nSPS) is 20.6. The fraction of sp³-hybridized carbons (Fsp3) is 0.478. The molecule has 0 radical (unpaired) electrons. The minimum Gasteiger partial charge on any atom is -0.491 e. The van der Waals surface area contributed by atoms with Crippen LogP contribution in [0.15, 0.2) is 47.4 Å². The van der Waals surface area contributed by atoms with Crippen molar-refractivity contribution in [2.45, 2.75) is 57.2 Å². The van der Waals surface area contributed by atoms with Gasteiger partial charge in [-0.3, -0.25) is 0 Å². The molecule has 1 aliphatic rings. The number of rotatable bonds is 10. The van der Waals surface area contributed by atoms with Gasteiger partial charge in [0.1, 0.15) is 30.3 Å². The Hall–Kier alpha value is -1.73. The van der Waals surface area contributed by atoms with Crippen molar-refractivity contribution in [3.8, 4) is 11.5 Å². The van der Waals surface area contributed by atoms with Gasteiger partial charge in [-0.15, -0.1) is 11.8 Å². The lowest BCUT2D eigenvalue weighted by Gasteiger charge is -2.33. The van der Waals surface area contributed by atoms with E-state index in [0.29, 0.717) is 18.8 Å². The van der Waals surface area contributed by atoms with Gasteiger partial charge < -0.3 is 24.1 Å². The molecule has 1 atom stereocenters. The average Bonchev–Trinajstić information content (AvgIpc) is 2.69. The van der Waals surface area contributed by atoms with E-state index < -0.39 is 5.60 Å². The fourth-order valence-corrected chi connectivity index (χ4v) is 4.01. The number of hydrogen-bond donors (Lipinski definition) is 1. The number of benzene rings is 2. The second-order valence-corrected chi connectivity index (χ2v) is 8.52. The van der Waals surface area contributed by atoms with E-state index >= 15 is 0 Å². The maximum atomic E-state index is 10.9. The number of thioether (sulfide) groups is 1. The first-order chi connectivity index (χ1) is 13.9. The van der Waals surface area contributed by atoms with Crippen molar-refractivity contribution in [1.82, 2.24) is 0 Å². The Morgan fingerprint density at radius 2 is 1.79 bits per heavy atom. The van der Waals surface area contributed by atoms with E-state index in [-0.39, 0.29) is 19.2 Å². The van der Waals surface area contributed by atoms with Crippen LogP contribution in [0.2, 0.25) is 0 Å². The minimum atomic E-state index is -0.895. The summed E-state index contributed by atoms with van der Waals surface area (Å²) >= 11 is 1.62. The Labute approximate surface area is 177 Å². The third kappa shape index (κ3) is 6.37. The van der Waals surface area contributed by atoms with E-state index in [2.05, 4.69) is 6.07 Å². The Bertz CT molecular complexity index is 788. The maximum absolute atomic E-state index is 10.9. The molecule has 0 aromatic heterocycles. The van der Waals surface area contributed by atoms with Gasteiger partial charge in [0.15, 0.2) is 12.6 Å². The summed E-state index contributed by atoms with van der Waals surface area (Å²) in [6.45, 7) is 8.53. The van der Waals surface area contributed by atoms with Crippen LogP contribution in [-0.2, 0) is 9.47 Å². The molecule has 2 aromatic rings. The van der Waals surface area contributed by atoms with Gasteiger partial charge in [-0.25, -0.2) is 0 Å². The number of ether oxygens (including phenoxy) is 4. The summed E-state index contributed by atoms with van der Waals surface area (Å²) in [5, 5.41) is 10.9. The van der Waals surface area contributed by atoms with Crippen LogP contribution in [0.3, 0.4) is 0 Å². The lowest BCUT2D eigenvalue weighted by atomic mass is 10.1. The van der Waals surface area contributed by atoms with E-state index in [4.69, 9.17) is 18.9 Å². The number of aryl methyl sites for hydroxylation is 2. The van der Waals surface area contributed by atoms with Crippen molar-refractivity contribution >= 4 is 11.8 Å². The summed E-state index contributed by atoms with van der Waals surface area (Å²) in [4.78, 5) is 1.09. The standard InChI is InChI=1S/C23H30O5S/c1-5-23(24,14-26-19-8-6-16(2)7-9-19)15-29-20-10-11-21(17(3)12-20)25-13-22-27-18(4)28-22/h6-12,18,22,24H,5,13-15H2,1-4H3. The second kappa shape index (κ2) is 9.85. The van der Waals surface area contributed by atoms with E-state index in [1.165, 1.54) is 5.56 Å². The Kier molecular flexibility index (Phi) is 7.46. The average molecular weight is 419 g/mol. The first-order valence-corrected chi connectivity index (χ1v) is 10.9. The second-order valence-electron chi connectivity index (χ2n) is 7.48. The van der Waals surface area contributed by atoms with Crippen molar-refractivity contribution in [2.75, 3.05) is 19.0 Å². The molecule has 1 saturated heterocycles. The smallest absolute Gasteiger partial charge is 0.197 e. The largest absolute Gasteiger partial charge is 0.491 e. The van der Waals surface area contributed by atoms with E-state index in [0.717, 1.165) is 22.0 Å². The van der Waals surface area contributed by atoms with E-state index in [1.54, 1.807) is 11.8 Å². The van der Waals surface area contributed by atoms with Crippen LogP contribution in [0.1, 0.15) is 31.4 Å². The van der Waals surface area contributed by atoms with Gasteiger partial charge in [-0.05, 0) is 63.1 Å². The Morgan fingerprint density at radius 1 is 1.07 bits per heavy atom. The van der Waals surface area contributed by atoms with E-state index in [1.807, 2.05) is 64.1 Å². The van der Waals surface area contributed by atoms with Crippen molar-refractivity contribution < 1.29 is 24.1 Å². The predicted molar refractivity (Wildman–Crippen MR) is 115 cm³/mol. The lowest BCUT2D eigenvalue weighted by Crippen LogP contribution is -2.42. The molecule has 0 amide bonds. The van der Waals surface area contributed by atoms with Gasteiger partial charge >= 0.3 is 0 Å². The minimum absolute atomic E-state index is 0.143. The summed E-state index contributed by atoms with van der Waals surface area (Å²) in [5.41, 5.74) is 1.33. The van der Waals surface area contributed by atoms with Crippen LogP contribution in [0.4, 0.5) is 0 Å². The van der Waals surface area contributed by atoms with Gasteiger partial charge in [0.2, 0.25) is 0 Å². The monoisotopic (exact) mass is 418 g/mol. The van der Waals surface area contributed by atoms with Gasteiger partial charge in [0, 0.05) is 10.6 Å². The summed E-state index contributed by atoms with van der Waals surface area (Å²) in [5.74, 6) is 2.14. The quantitative estimate of drug-likeness (QED) is 0.564. The highest BCUT2D eigenvalue weighted by atomic mass is 32.2. The summed E-state index contributed by atoms with van der Waals surface area (Å²) in [6.07, 6.45) is 0.189. The van der Waals surface area contributed by atoms with Crippen LogP contribution >= 0.6 is 11.8 Å². The molecule has 158 valence electrons. The number of hydrogen-bond acceptors (Lipinski definition) is 6. The van der Waals surface area contributed by atoms with Crippen molar-refractivity contribution in [2.24, 2.45) is 0 Å². The van der Waals surface area contributed by atoms with Gasteiger partial charge in [0.25, 0.3) is 0 Å². The molecule has 0 bridgehead atoms. The Balaban J connectivity index is 1.50. The molecule has 3 rings (SSSR count). The number of aliphatic hydroxyl groups is 1. The molecule has 0 spiro atoms. The molecule has 29 heavy (non-hydrogen) atoms. The molecule has 0 saturated carbocycles. The third-order valence-electron chi connectivity index (χ3n) is 4.90. The van der Waals surface area contributed by atoms with Crippen LogP contribution in [-0.4, -0.2) is 42.3 Å². The molecule has 0 aliphatic carbocycles.